The van der Waals surface area contributed by atoms with Crippen LogP contribution in [0.3, 0.4) is 0 Å². The molecule has 2 rings (SSSR count). The van der Waals surface area contributed by atoms with Gasteiger partial charge in [0.2, 0.25) is 0 Å². The van der Waals surface area contributed by atoms with Crippen LogP contribution < -0.4 is 0 Å². The Balaban J connectivity index is 2.55. The molecule has 1 aliphatic rings. The quantitative estimate of drug-likeness (QED) is 0.843. The Morgan fingerprint density at radius 1 is 1.00 bits per heavy atom. The van der Waals surface area contributed by atoms with Gasteiger partial charge in [0.1, 0.15) is 5.75 Å². The number of phenols is 1. The van der Waals surface area contributed by atoms with Crippen LogP contribution in [0.25, 0.3) is 0 Å². The van der Waals surface area contributed by atoms with E-state index in [0.717, 1.165) is 24.2 Å². The fraction of sp³-hybridized carbons (Fsp3) is 0.727. The molecule has 3 nitrogen and oxygen atoms in total. The van der Waals surface area contributed by atoms with Crippen LogP contribution in [0.5, 0.6) is 5.75 Å². The number of nitrogens with zero attached hydrogens (tertiary/aromatic N) is 2. The molecule has 1 aliphatic carbocycles. The fourth-order valence-corrected chi connectivity index (χ4v) is 4.58. The van der Waals surface area contributed by atoms with Gasteiger partial charge >= 0.3 is 0 Å². The van der Waals surface area contributed by atoms with E-state index in [2.05, 4.69) is 77.8 Å². The molecule has 1 aromatic rings. The third-order valence-corrected chi connectivity index (χ3v) is 6.09. The van der Waals surface area contributed by atoms with Crippen molar-refractivity contribution >= 4 is 0 Å². The molecule has 3 heteroatoms. The van der Waals surface area contributed by atoms with Crippen LogP contribution in [0, 0.1) is 11.3 Å². The first kappa shape index (κ1) is 20.3. The third kappa shape index (κ3) is 4.57. The van der Waals surface area contributed by atoms with Gasteiger partial charge in [-0.05, 0) is 69.8 Å². The highest BCUT2D eigenvalue weighted by molar-refractivity contribution is 5.46. The van der Waals surface area contributed by atoms with Crippen molar-refractivity contribution in [1.29, 1.82) is 0 Å². The van der Waals surface area contributed by atoms with Gasteiger partial charge in [0.15, 0.2) is 0 Å². The Morgan fingerprint density at radius 3 is 1.92 bits per heavy atom. The largest absolute Gasteiger partial charge is 0.507 e. The zero-order valence-corrected chi connectivity index (χ0v) is 17.6. The minimum Gasteiger partial charge on any atom is -0.507 e. The predicted molar refractivity (Wildman–Crippen MR) is 107 cm³/mol. The van der Waals surface area contributed by atoms with E-state index in [1.54, 1.807) is 0 Å². The van der Waals surface area contributed by atoms with Crippen molar-refractivity contribution in [1.82, 2.24) is 9.80 Å². The van der Waals surface area contributed by atoms with Crippen LogP contribution in [-0.4, -0.2) is 43.1 Å². The second-order valence-electron chi connectivity index (χ2n) is 9.82. The molecule has 1 N–H and O–H groups in total. The summed E-state index contributed by atoms with van der Waals surface area (Å²) in [7, 11) is 8.25. The lowest BCUT2D eigenvalue weighted by Crippen LogP contribution is -2.40. The maximum Gasteiger partial charge on any atom is 0.124 e. The van der Waals surface area contributed by atoms with Crippen molar-refractivity contribution in [2.45, 2.75) is 65.5 Å². The third-order valence-electron chi connectivity index (χ3n) is 6.09. The van der Waals surface area contributed by atoms with E-state index in [1.165, 1.54) is 24.8 Å². The molecule has 2 atom stereocenters. The molecule has 25 heavy (non-hydrogen) atoms. The lowest BCUT2D eigenvalue weighted by atomic mass is 9.57. The smallest absolute Gasteiger partial charge is 0.124 e. The van der Waals surface area contributed by atoms with Crippen LogP contribution in [-0.2, 0) is 18.5 Å². The summed E-state index contributed by atoms with van der Waals surface area (Å²) < 4.78 is 0. The average molecular weight is 347 g/mol. The number of aromatic hydroxyl groups is 1. The maximum atomic E-state index is 10.8. The van der Waals surface area contributed by atoms with E-state index >= 15 is 0 Å². The number of phenolic OH excluding ortho intramolecular Hbond substituents is 1. The van der Waals surface area contributed by atoms with Crippen LogP contribution in [0.15, 0.2) is 12.1 Å². The number of benzene rings is 1. The van der Waals surface area contributed by atoms with Crippen molar-refractivity contribution in [3.63, 3.8) is 0 Å². The maximum absolute atomic E-state index is 10.8. The SMILES string of the molecule is CC1CCC(C)(C)CC1(C)c1cc(CN(C)C)c(O)c(CN(C)C)c1. The number of hydrogen-bond donors (Lipinski definition) is 1. The minimum atomic E-state index is 0.164. The molecule has 0 aliphatic heterocycles. The summed E-state index contributed by atoms with van der Waals surface area (Å²) in [5, 5.41) is 10.8. The lowest BCUT2D eigenvalue weighted by molar-refractivity contribution is 0.105. The molecule has 142 valence electrons. The van der Waals surface area contributed by atoms with Crippen molar-refractivity contribution in [2.24, 2.45) is 11.3 Å². The predicted octanol–water partition coefficient (Wildman–Crippen LogP) is 4.62. The Labute approximate surface area is 155 Å². The normalized spacial score (nSPS) is 26.4. The number of hydrogen-bond acceptors (Lipinski definition) is 3. The molecule has 2 unspecified atom stereocenters. The second-order valence-corrected chi connectivity index (χ2v) is 9.82. The summed E-state index contributed by atoms with van der Waals surface area (Å²) in [5.41, 5.74) is 4.05. The van der Waals surface area contributed by atoms with Crippen molar-refractivity contribution < 1.29 is 5.11 Å². The lowest BCUT2D eigenvalue weighted by Gasteiger charge is -2.48. The van der Waals surface area contributed by atoms with Crippen molar-refractivity contribution in [2.75, 3.05) is 28.2 Å². The van der Waals surface area contributed by atoms with Crippen LogP contribution >= 0.6 is 0 Å². The molecule has 0 spiro atoms. The highest BCUT2D eigenvalue weighted by Crippen LogP contribution is 2.51. The van der Waals surface area contributed by atoms with Gasteiger partial charge in [-0.1, -0.05) is 39.8 Å². The first-order valence-electron chi connectivity index (χ1n) is 9.59. The van der Waals surface area contributed by atoms with E-state index in [1.807, 2.05) is 0 Å². The van der Waals surface area contributed by atoms with Gasteiger partial charge in [0.05, 0.1) is 0 Å². The monoisotopic (exact) mass is 346 g/mol. The Morgan fingerprint density at radius 2 is 1.48 bits per heavy atom. The molecular weight excluding hydrogens is 308 g/mol. The summed E-state index contributed by atoms with van der Waals surface area (Å²) in [4.78, 5) is 4.27. The summed E-state index contributed by atoms with van der Waals surface area (Å²) in [6.45, 7) is 11.2. The van der Waals surface area contributed by atoms with Crippen molar-refractivity contribution in [3.8, 4) is 5.75 Å². The van der Waals surface area contributed by atoms with Gasteiger partial charge in [-0.2, -0.15) is 0 Å². The summed E-state index contributed by atoms with van der Waals surface area (Å²) in [6.07, 6.45) is 3.78. The molecular formula is C22H38N2O. The summed E-state index contributed by atoms with van der Waals surface area (Å²) >= 11 is 0. The molecule has 0 radical (unpaired) electrons. The molecule has 0 saturated heterocycles. The highest BCUT2D eigenvalue weighted by Gasteiger charge is 2.42. The summed E-state index contributed by atoms with van der Waals surface area (Å²) in [5.74, 6) is 1.13. The Hall–Kier alpha value is -1.06. The molecule has 1 fully saturated rings. The minimum absolute atomic E-state index is 0.164. The van der Waals surface area contributed by atoms with Crippen LogP contribution in [0.4, 0.5) is 0 Å². The van der Waals surface area contributed by atoms with Gasteiger partial charge in [0, 0.05) is 24.2 Å². The van der Waals surface area contributed by atoms with E-state index < -0.39 is 0 Å². The Bertz CT molecular complexity index is 575. The fourth-order valence-electron chi connectivity index (χ4n) is 4.58. The zero-order valence-electron chi connectivity index (χ0n) is 17.6. The van der Waals surface area contributed by atoms with Gasteiger partial charge < -0.3 is 14.9 Å². The molecule has 0 bridgehead atoms. The molecule has 0 aromatic heterocycles. The van der Waals surface area contributed by atoms with Gasteiger partial charge in [-0.15, -0.1) is 0 Å². The van der Waals surface area contributed by atoms with E-state index in [9.17, 15) is 5.11 Å². The van der Waals surface area contributed by atoms with Gasteiger partial charge in [-0.3, -0.25) is 0 Å². The standard InChI is InChI=1S/C22H38N2O/c1-16-9-10-21(2,3)15-22(16,4)19-11-17(13-23(5)6)20(25)18(12-19)14-24(7)8/h11-12,16,25H,9-10,13-15H2,1-8H3. The summed E-state index contributed by atoms with van der Waals surface area (Å²) in [6, 6.07) is 4.54. The van der Waals surface area contributed by atoms with Gasteiger partial charge in [-0.25, -0.2) is 0 Å². The average Bonchev–Trinajstić information content (AvgIpc) is 2.46. The van der Waals surface area contributed by atoms with Gasteiger partial charge in [0.25, 0.3) is 0 Å². The molecule has 1 saturated carbocycles. The first-order chi connectivity index (χ1) is 11.4. The van der Waals surface area contributed by atoms with E-state index in [-0.39, 0.29) is 5.41 Å². The van der Waals surface area contributed by atoms with Crippen molar-refractivity contribution in [3.05, 3.63) is 28.8 Å². The zero-order chi connectivity index (χ0) is 19.0. The molecule has 1 aromatic carbocycles. The second kappa shape index (κ2) is 7.28. The van der Waals surface area contributed by atoms with E-state index in [0.29, 0.717) is 17.1 Å². The molecule has 0 heterocycles. The van der Waals surface area contributed by atoms with Crippen LogP contribution in [0.2, 0.25) is 0 Å². The molecule has 0 amide bonds. The topological polar surface area (TPSA) is 26.7 Å². The highest BCUT2D eigenvalue weighted by atomic mass is 16.3. The van der Waals surface area contributed by atoms with E-state index in [4.69, 9.17) is 0 Å². The van der Waals surface area contributed by atoms with Crippen LogP contribution in [0.1, 0.15) is 63.6 Å². The first-order valence-corrected chi connectivity index (χ1v) is 9.59. The Kier molecular flexibility index (Phi) is 5.90. The number of rotatable bonds is 5.